The van der Waals surface area contributed by atoms with Crippen LogP contribution in [0.15, 0.2) is 35.4 Å². The van der Waals surface area contributed by atoms with Gasteiger partial charge in [-0.15, -0.1) is 0 Å². The fraction of sp³-hybridized carbons (Fsp3) is 0.455. The minimum absolute atomic E-state index is 0.136. The van der Waals surface area contributed by atoms with Gasteiger partial charge in [0.15, 0.2) is 0 Å². The number of Topliss-reactive ketones (excluding diaryl/α,β-unsaturated/α-hetero) is 1. The van der Waals surface area contributed by atoms with E-state index in [2.05, 4.69) is 0 Å². The number of aromatic hydroxyl groups is 1. The average Bonchev–Trinajstić information content (AvgIpc) is 2.56. The Hall–Kier alpha value is -2.36. The van der Waals surface area contributed by atoms with Crippen molar-refractivity contribution in [1.82, 2.24) is 0 Å². The van der Waals surface area contributed by atoms with Gasteiger partial charge in [0.1, 0.15) is 11.5 Å². The summed E-state index contributed by atoms with van der Waals surface area (Å²) in [7, 11) is 0. The second-order valence-electron chi connectivity index (χ2n) is 7.33. The molecule has 0 bridgehead atoms. The standard InChI is InChI=1S/C22H30O4/c1-14(2)6-9-17-12-19(22(25)26)13-18(21(17)24)10-8-16(5)20(23)11-7-15(3)4/h6-7,12-13,16,24H,8-11H2,1-5H3,(H,25,26). The second kappa shape index (κ2) is 9.95. The third kappa shape index (κ3) is 6.87. The van der Waals surface area contributed by atoms with Crippen LogP contribution in [0.1, 0.15) is 68.9 Å². The lowest BCUT2D eigenvalue weighted by atomic mass is 9.92. The molecule has 0 heterocycles. The van der Waals surface area contributed by atoms with Gasteiger partial charge in [0.25, 0.3) is 0 Å². The summed E-state index contributed by atoms with van der Waals surface area (Å²) in [5, 5.41) is 19.9. The molecule has 26 heavy (non-hydrogen) atoms. The van der Waals surface area contributed by atoms with Gasteiger partial charge in [0, 0.05) is 12.3 Å². The molecule has 0 spiro atoms. The molecular formula is C22H30O4. The summed E-state index contributed by atoms with van der Waals surface area (Å²) in [6, 6.07) is 3.03. The van der Waals surface area contributed by atoms with Crippen LogP contribution in [0.25, 0.3) is 0 Å². The van der Waals surface area contributed by atoms with Crippen LogP contribution in [0.3, 0.4) is 0 Å². The molecule has 0 fully saturated rings. The normalized spacial score (nSPS) is 11.6. The first-order valence-corrected chi connectivity index (χ1v) is 8.99. The van der Waals surface area contributed by atoms with Gasteiger partial charge in [-0.2, -0.15) is 0 Å². The van der Waals surface area contributed by atoms with Crippen LogP contribution in [0.4, 0.5) is 0 Å². The molecule has 1 rings (SSSR count). The molecule has 2 N–H and O–H groups in total. The predicted molar refractivity (Wildman–Crippen MR) is 105 cm³/mol. The lowest BCUT2D eigenvalue weighted by Crippen LogP contribution is -2.11. The van der Waals surface area contributed by atoms with Gasteiger partial charge >= 0.3 is 5.97 Å². The third-order valence-electron chi connectivity index (χ3n) is 4.35. The molecule has 4 heteroatoms. The Kier molecular flexibility index (Phi) is 8.30. The number of allylic oxidation sites excluding steroid dienone is 4. The molecule has 0 saturated heterocycles. The maximum Gasteiger partial charge on any atom is 0.335 e. The number of phenolic OH excluding ortho intramolecular Hbond substituents is 1. The van der Waals surface area contributed by atoms with E-state index in [-0.39, 0.29) is 23.0 Å². The van der Waals surface area contributed by atoms with E-state index in [0.29, 0.717) is 36.8 Å². The molecule has 0 aliphatic carbocycles. The van der Waals surface area contributed by atoms with Crippen molar-refractivity contribution in [1.29, 1.82) is 0 Å². The molecule has 0 radical (unpaired) electrons. The molecule has 0 saturated carbocycles. The van der Waals surface area contributed by atoms with Crippen molar-refractivity contribution >= 4 is 11.8 Å². The molecule has 0 aliphatic rings. The third-order valence-corrected chi connectivity index (χ3v) is 4.35. The number of aromatic carboxylic acids is 1. The second-order valence-corrected chi connectivity index (χ2v) is 7.33. The quantitative estimate of drug-likeness (QED) is 0.603. The average molecular weight is 358 g/mol. The number of benzene rings is 1. The summed E-state index contributed by atoms with van der Waals surface area (Å²) >= 11 is 0. The zero-order valence-corrected chi connectivity index (χ0v) is 16.4. The molecule has 0 aliphatic heterocycles. The van der Waals surface area contributed by atoms with E-state index in [1.165, 1.54) is 12.1 Å². The zero-order valence-electron chi connectivity index (χ0n) is 16.4. The summed E-state index contributed by atoms with van der Waals surface area (Å²) in [5.74, 6) is -0.863. The first kappa shape index (κ1) is 21.7. The van der Waals surface area contributed by atoms with Gasteiger partial charge in [0.2, 0.25) is 0 Å². The highest BCUT2D eigenvalue weighted by Crippen LogP contribution is 2.28. The molecule has 1 aromatic rings. The summed E-state index contributed by atoms with van der Waals surface area (Å²) < 4.78 is 0. The van der Waals surface area contributed by atoms with E-state index in [9.17, 15) is 19.8 Å². The Balaban J connectivity index is 2.97. The fourth-order valence-electron chi connectivity index (χ4n) is 2.58. The van der Waals surface area contributed by atoms with Crippen LogP contribution >= 0.6 is 0 Å². The Labute approximate surface area is 156 Å². The van der Waals surface area contributed by atoms with Crippen molar-refractivity contribution in [3.63, 3.8) is 0 Å². The highest BCUT2D eigenvalue weighted by Gasteiger charge is 2.16. The van der Waals surface area contributed by atoms with E-state index in [0.717, 1.165) is 11.1 Å². The lowest BCUT2D eigenvalue weighted by molar-refractivity contribution is -0.121. The van der Waals surface area contributed by atoms with E-state index in [1.807, 2.05) is 46.8 Å². The maximum atomic E-state index is 12.2. The molecule has 142 valence electrons. The SMILES string of the molecule is CC(C)=CCC(=O)C(C)CCc1cc(C(=O)O)cc(CC=C(C)C)c1O. The summed E-state index contributed by atoms with van der Waals surface area (Å²) in [6.07, 6.45) is 5.81. The number of carbonyl (C=O) groups excluding carboxylic acids is 1. The Morgan fingerprint density at radius 2 is 1.62 bits per heavy atom. The minimum Gasteiger partial charge on any atom is -0.507 e. The van der Waals surface area contributed by atoms with Crippen molar-refractivity contribution in [2.24, 2.45) is 5.92 Å². The van der Waals surface area contributed by atoms with E-state index in [4.69, 9.17) is 0 Å². The van der Waals surface area contributed by atoms with Crippen LogP contribution in [-0.4, -0.2) is 22.0 Å². The number of carboxylic acid groups (broad SMARTS) is 1. The summed E-state index contributed by atoms with van der Waals surface area (Å²) in [6.45, 7) is 9.71. The molecular weight excluding hydrogens is 328 g/mol. The topological polar surface area (TPSA) is 74.6 Å². The molecule has 4 nitrogen and oxygen atoms in total. The number of rotatable bonds is 9. The molecule has 1 unspecified atom stereocenters. The lowest BCUT2D eigenvalue weighted by Gasteiger charge is -2.13. The van der Waals surface area contributed by atoms with Crippen LogP contribution in [0.2, 0.25) is 0 Å². The van der Waals surface area contributed by atoms with Gasteiger partial charge in [-0.05, 0) is 70.2 Å². The predicted octanol–water partition coefficient (Wildman–Crippen LogP) is 5.09. The number of ketones is 1. The van der Waals surface area contributed by atoms with Crippen LogP contribution < -0.4 is 0 Å². The molecule has 0 amide bonds. The highest BCUT2D eigenvalue weighted by atomic mass is 16.4. The minimum atomic E-state index is -1.02. The number of carbonyl (C=O) groups is 2. The number of phenols is 1. The van der Waals surface area contributed by atoms with Crippen molar-refractivity contribution in [3.05, 3.63) is 52.1 Å². The number of carboxylic acids is 1. The van der Waals surface area contributed by atoms with Gasteiger partial charge in [0.05, 0.1) is 5.56 Å². The van der Waals surface area contributed by atoms with Gasteiger partial charge in [-0.25, -0.2) is 4.79 Å². The van der Waals surface area contributed by atoms with E-state index in [1.54, 1.807) is 0 Å². The zero-order chi connectivity index (χ0) is 19.9. The van der Waals surface area contributed by atoms with Crippen LogP contribution in [-0.2, 0) is 17.6 Å². The summed E-state index contributed by atoms with van der Waals surface area (Å²) in [5.41, 5.74) is 3.57. The van der Waals surface area contributed by atoms with Gasteiger partial charge in [-0.3, -0.25) is 4.79 Å². The smallest absolute Gasteiger partial charge is 0.335 e. The van der Waals surface area contributed by atoms with Gasteiger partial charge in [-0.1, -0.05) is 30.2 Å². The fourth-order valence-corrected chi connectivity index (χ4v) is 2.58. The van der Waals surface area contributed by atoms with E-state index >= 15 is 0 Å². The Morgan fingerprint density at radius 1 is 1.04 bits per heavy atom. The van der Waals surface area contributed by atoms with E-state index < -0.39 is 5.97 Å². The monoisotopic (exact) mass is 358 g/mol. The maximum absolute atomic E-state index is 12.2. The molecule has 0 aromatic heterocycles. The number of hydrogen-bond acceptors (Lipinski definition) is 3. The Morgan fingerprint density at radius 3 is 2.15 bits per heavy atom. The van der Waals surface area contributed by atoms with Crippen LogP contribution in [0, 0.1) is 5.92 Å². The summed E-state index contributed by atoms with van der Waals surface area (Å²) in [4.78, 5) is 23.6. The molecule has 1 aromatic carbocycles. The first-order chi connectivity index (χ1) is 12.1. The largest absolute Gasteiger partial charge is 0.507 e. The number of aryl methyl sites for hydroxylation is 1. The van der Waals surface area contributed by atoms with Crippen molar-refractivity contribution < 1.29 is 19.8 Å². The molecule has 1 atom stereocenters. The number of hydrogen-bond donors (Lipinski definition) is 2. The van der Waals surface area contributed by atoms with Gasteiger partial charge < -0.3 is 10.2 Å². The van der Waals surface area contributed by atoms with Crippen LogP contribution in [0.5, 0.6) is 5.75 Å². The van der Waals surface area contributed by atoms with Crippen molar-refractivity contribution in [3.8, 4) is 5.75 Å². The van der Waals surface area contributed by atoms with Crippen molar-refractivity contribution in [2.75, 3.05) is 0 Å². The Bertz CT molecular complexity index is 718. The first-order valence-electron chi connectivity index (χ1n) is 8.99. The van der Waals surface area contributed by atoms with Crippen molar-refractivity contribution in [2.45, 2.75) is 60.3 Å². The highest BCUT2D eigenvalue weighted by molar-refractivity contribution is 5.88.